The van der Waals surface area contributed by atoms with Crippen molar-refractivity contribution >= 4 is 11.8 Å². The highest BCUT2D eigenvalue weighted by atomic mass is 16.5. The molecule has 18 heavy (non-hydrogen) atoms. The van der Waals surface area contributed by atoms with E-state index in [1.54, 1.807) is 31.2 Å². The Bertz CT molecular complexity index is 432. The molecule has 0 aromatic heterocycles. The second-order valence-electron chi connectivity index (χ2n) is 4.24. The predicted octanol–water partition coefficient (Wildman–Crippen LogP) is 2.36. The van der Waals surface area contributed by atoms with Crippen LogP contribution in [-0.4, -0.2) is 24.5 Å². The molecular weight excluding hydrogens is 232 g/mol. The van der Waals surface area contributed by atoms with Crippen LogP contribution in [0.5, 0.6) is 5.75 Å². The van der Waals surface area contributed by atoms with Crippen LogP contribution in [-0.2, 0) is 9.53 Å². The SMILES string of the molecule is CCOC(=O)C(=O)c1ccc(OC2CCC2)cc1. The van der Waals surface area contributed by atoms with E-state index < -0.39 is 11.8 Å². The van der Waals surface area contributed by atoms with Gasteiger partial charge < -0.3 is 9.47 Å². The average Bonchev–Trinajstić information content (AvgIpc) is 2.34. The third-order valence-corrected chi connectivity index (χ3v) is 2.93. The maximum atomic E-state index is 11.6. The zero-order valence-corrected chi connectivity index (χ0v) is 10.3. The summed E-state index contributed by atoms with van der Waals surface area (Å²) in [6, 6.07) is 6.61. The Labute approximate surface area is 106 Å². The van der Waals surface area contributed by atoms with Crippen LogP contribution in [0.2, 0.25) is 0 Å². The lowest BCUT2D eigenvalue weighted by molar-refractivity contribution is -0.137. The van der Waals surface area contributed by atoms with E-state index in [1.807, 2.05) is 0 Å². The summed E-state index contributed by atoms with van der Waals surface area (Å²) in [5.74, 6) is -0.697. The summed E-state index contributed by atoms with van der Waals surface area (Å²) in [6.45, 7) is 1.87. The number of carbonyl (C=O) groups excluding carboxylic acids is 2. The summed E-state index contributed by atoms with van der Waals surface area (Å²) in [6.07, 6.45) is 3.69. The number of carbonyl (C=O) groups is 2. The first kappa shape index (κ1) is 12.6. The lowest BCUT2D eigenvalue weighted by atomic mass is 9.96. The van der Waals surface area contributed by atoms with Gasteiger partial charge in [0.25, 0.3) is 5.78 Å². The quantitative estimate of drug-likeness (QED) is 0.456. The Hall–Kier alpha value is -1.84. The van der Waals surface area contributed by atoms with Gasteiger partial charge in [-0.3, -0.25) is 4.79 Å². The van der Waals surface area contributed by atoms with Crippen LogP contribution < -0.4 is 4.74 Å². The molecule has 1 fully saturated rings. The van der Waals surface area contributed by atoms with Gasteiger partial charge in [-0.2, -0.15) is 0 Å². The first-order valence-electron chi connectivity index (χ1n) is 6.19. The first-order chi connectivity index (χ1) is 8.70. The fourth-order valence-electron chi connectivity index (χ4n) is 1.68. The summed E-state index contributed by atoms with van der Waals surface area (Å²) in [5.41, 5.74) is 0.328. The van der Waals surface area contributed by atoms with Crippen molar-refractivity contribution in [2.45, 2.75) is 32.3 Å². The van der Waals surface area contributed by atoms with Crippen LogP contribution in [0.3, 0.4) is 0 Å². The molecule has 0 saturated heterocycles. The normalized spacial score (nSPS) is 14.7. The zero-order valence-electron chi connectivity index (χ0n) is 10.3. The smallest absolute Gasteiger partial charge is 0.379 e. The molecule has 0 unspecified atom stereocenters. The van der Waals surface area contributed by atoms with E-state index in [4.69, 9.17) is 4.74 Å². The minimum absolute atomic E-state index is 0.202. The van der Waals surface area contributed by atoms with Crippen molar-refractivity contribution in [3.63, 3.8) is 0 Å². The Morgan fingerprint density at radius 1 is 1.22 bits per heavy atom. The van der Waals surface area contributed by atoms with Gasteiger partial charge in [0, 0.05) is 5.56 Å². The molecule has 1 saturated carbocycles. The maximum absolute atomic E-state index is 11.6. The Balaban J connectivity index is 1.97. The number of rotatable bonds is 5. The number of benzene rings is 1. The minimum atomic E-state index is -0.815. The van der Waals surface area contributed by atoms with Gasteiger partial charge in [-0.1, -0.05) is 0 Å². The van der Waals surface area contributed by atoms with Gasteiger partial charge in [-0.15, -0.1) is 0 Å². The van der Waals surface area contributed by atoms with Gasteiger partial charge in [0.05, 0.1) is 12.7 Å². The monoisotopic (exact) mass is 248 g/mol. The highest BCUT2D eigenvalue weighted by Crippen LogP contribution is 2.25. The third kappa shape index (κ3) is 2.88. The molecule has 0 amide bonds. The fraction of sp³-hybridized carbons (Fsp3) is 0.429. The van der Waals surface area contributed by atoms with Gasteiger partial charge in [0.2, 0.25) is 0 Å². The molecule has 0 heterocycles. The standard InChI is InChI=1S/C14H16O4/c1-2-17-14(16)13(15)10-6-8-12(9-7-10)18-11-4-3-5-11/h6-9,11H,2-5H2,1H3. The summed E-state index contributed by atoms with van der Waals surface area (Å²) < 4.78 is 10.3. The zero-order chi connectivity index (χ0) is 13.0. The molecule has 0 radical (unpaired) electrons. The van der Waals surface area contributed by atoms with Crippen LogP contribution in [0.25, 0.3) is 0 Å². The van der Waals surface area contributed by atoms with E-state index in [-0.39, 0.29) is 6.61 Å². The van der Waals surface area contributed by atoms with E-state index in [0.29, 0.717) is 11.7 Å². The lowest BCUT2D eigenvalue weighted by Gasteiger charge is -2.26. The highest BCUT2D eigenvalue weighted by Gasteiger charge is 2.20. The Morgan fingerprint density at radius 2 is 1.89 bits per heavy atom. The first-order valence-corrected chi connectivity index (χ1v) is 6.19. The number of hydrogen-bond donors (Lipinski definition) is 0. The second kappa shape index (κ2) is 5.67. The van der Waals surface area contributed by atoms with Gasteiger partial charge in [0.15, 0.2) is 0 Å². The molecule has 0 atom stereocenters. The Morgan fingerprint density at radius 3 is 2.39 bits per heavy atom. The van der Waals surface area contributed by atoms with E-state index in [9.17, 15) is 9.59 Å². The molecule has 1 aliphatic rings. The maximum Gasteiger partial charge on any atom is 0.379 e. The number of Topliss-reactive ketones (excluding diaryl/α,β-unsaturated/α-hetero) is 1. The number of ether oxygens (including phenoxy) is 2. The molecule has 4 nitrogen and oxygen atoms in total. The fourth-order valence-corrected chi connectivity index (χ4v) is 1.68. The molecule has 0 spiro atoms. The van der Waals surface area contributed by atoms with Crippen molar-refractivity contribution in [3.8, 4) is 5.75 Å². The predicted molar refractivity (Wildman–Crippen MR) is 65.7 cm³/mol. The Kier molecular flexibility index (Phi) is 3.97. The third-order valence-electron chi connectivity index (χ3n) is 2.93. The minimum Gasteiger partial charge on any atom is -0.490 e. The summed E-state index contributed by atoms with van der Waals surface area (Å²) >= 11 is 0. The molecule has 0 bridgehead atoms. The van der Waals surface area contributed by atoms with E-state index in [1.165, 1.54) is 6.42 Å². The van der Waals surface area contributed by atoms with E-state index >= 15 is 0 Å². The van der Waals surface area contributed by atoms with E-state index in [2.05, 4.69) is 4.74 Å². The van der Waals surface area contributed by atoms with Crippen molar-refractivity contribution in [3.05, 3.63) is 29.8 Å². The molecule has 0 aliphatic heterocycles. The molecule has 4 heteroatoms. The number of hydrogen-bond acceptors (Lipinski definition) is 4. The van der Waals surface area contributed by atoms with Crippen molar-refractivity contribution in [2.75, 3.05) is 6.61 Å². The summed E-state index contributed by atoms with van der Waals surface area (Å²) in [5, 5.41) is 0. The molecular formula is C14H16O4. The van der Waals surface area contributed by atoms with Crippen molar-refractivity contribution in [1.29, 1.82) is 0 Å². The van der Waals surface area contributed by atoms with Crippen LogP contribution in [0, 0.1) is 0 Å². The van der Waals surface area contributed by atoms with Crippen LogP contribution in [0.1, 0.15) is 36.5 Å². The summed E-state index contributed by atoms with van der Waals surface area (Å²) in [4.78, 5) is 22.9. The molecule has 0 N–H and O–H groups in total. The molecule has 96 valence electrons. The van der Waals surface area contributed by atoms with Gasteiger partial charge in [0.1, 0.15) is 5.75 Å². The topological polar surface area (TPSA) is 52.6 Å². The average molecular weight is 248 g/mol. The molecule has 1 aliphatic carbocycles. The van der Waals surface area contributed by atoms with Gasteiger partial charge >= 0.3 is 5.97 Å². The highest BCUT2D eigenvalue weighted by molar-refractivity contribution is 6.40. The van der Waals surface area contributed by atoms with Crippen molar-refractivity contribution < 1.29 is 19.1 Å². The van der Waals surface area contributed by atoms with Crippen molar-refractivity contribution in [2.24, 2.45) is 0 Å². The lowest BCUT2D eigenvalue weighted by Crippen LogP contribution is -2.24. The van der Waals surface area contributed by atoms with Gasteiger partial charge in [-0.05, 0) is 50.5 Å². The van der Waals surface area contributed by atoms with Crippen LogP contribution in [0.15, 0.2) is 24.3 Å². The molecule has 1 aromatic rings. The van der Waals surface area contributed by atoms with Crippen molar-refractivity contribution in [1.82, 2.24) is 0 Å². The molecule has 1 aromatic carbocycles. The molecule has 2 rings (SSSR count). The van der Waals surface area contributed by atoms with Crippen LogP contribution in [0.4, 0.5) is 0 Å². The second-order valence-corrected chi connectivity index (χ2v) is 4.24. The van der Waals surface area contributed by atoms with Gasteiger partial charge in [-0.25, -0.2) is 4.79 Å². The van der Waals surface area contributed by atoms with Crippen LogP contribution >= 0.6 is 0 Å². The number of ketones is 1. The van der Waals surface area contributed by atoms with E-state index in [0.717, 1.165) is 18.6 Å². The largest absolute Gasteiger partial charge is 0.490 e. The summed E-state index contributed by atoms with van der Waals surface area (Å²) in [7, 11) is 0. The number of esters is 1.